The Bertz CT molecular complexity index is 848. The van der Waals surface area contributed by atoms with Crippen molar-refractivity contribution in [3.05, 3.63) is 71.1 Å². The summed E-state index contributed by atoms with van der Waals surface area (Å²) in [7, 11) is 0. The van der Waals surface area contributed by atoms with E-state index in [0.717, 1.165) is 26.4 Å². The van der Waals surface area contributed by atoms with E-state index in [-0.39, 0.29) is 11.9 Å². The fraction of sp³-hybridized carbons (Fsp3) is 0.227. The molecule has 0 unspecified atom stereocenters. The standard InChI is InChI=1S/C22H22O2S/c1-4-24-22(23)19-18(16-11-7-5-8-12-16)21(25-20(19)15(2)3)17-13-9-6-10-14-17/h5-15H,4H2,1-3H3. The third-order valence-corrected chi connectivity index (χ3v) is 5.58. The number of rotatable bonds is 5. The van der Waals surface area contributed by atoms with Gasteiger partial charge in [0.1, 0.15) is 0 Å². The molecule has 1 aromatic heterocycles. The zero-order valence-electron chi connectivity index (χ0n) is 14.8. The van der Waals surface area contributed by atoms with Crippen LogP contribution in [-0.4, -0.2) is 12.6 Å². The zero-order chi connectivity index (χ0) is 17.8. The van der Waals surface area contributed by atoms with Crippen LogP contribution >= 0.6 is 11.3 Å². The summed E-state index contributed by atoms with van der Waals surface area (Å²) in [5.41, 5.74) is 3.88. The van der Waals surface area contributed by atoms with Crippen molar-refractivity contribution in [3.8, 4) is 21.6 Å². The van der Waals surface area contributed by atoms with Gasteiger partial charge in [0.25, 0.3) is 0 Å². The molecule has 0 amide bonds. The molecule has 0 saturated carbocycles. The minimum absolute atomic E-state index is 0.233. The zero-order valence-corrected chi connectivity index (χ0v) is 15.6. The number of carbonyl (C=O) groups excluding carboxylic acids is 1. The molecule has 0 fully saturated rings. The van der Waals surface area contributed by atoms with Crippen molar-refractivity contribution in [2.75, 3.05) is 6.61 Å². The maximum atomic E-state index is 12.8. The van der Waals surface area contributed by atoms with Gasteiger partial charge in [0.2, 0.25) is 0 Å². The predicted molar refractivity (Wildman–Crippen MR) is 105 cm³/mol. The average molecular weight is 350 g/mol. The van der Waals surface area contributed by atoms with E-state index in [2.05, 4.69) is 38.1 Å². The molecule has 0 aliphatic rings. The molecule has 0 saturated heterocycles. The van der Waals surface area contributed by atoms with Crippen molar-refractivity contribution in [1.82, 2.24) is 0 Å². The lowest BCUT2D eigenvalue weighted by atomic mass is 9.95. The van der Waals surface area contributed by atoms with Crippen molar-refractivity contribution in [2.24, 2.45) is 0 Å². The maximum Gasteiger partial charge on any atom is 0.339 e. The summed E-state index contributed by atoms with van der Waals surface area (Å²) < 4.78 is 5.40. The number of thiophene rings is 1. The normalized spacial score (nSPS) is 10.9. The van der Waals surface area contributed by atoms with Crippen LogP contribution in [0.1, 0.15) is 41.9 Å². The number of esters is 1. The van der Waals surface area contributed by atoms with Gasteiger partial charge in [0, 0.05) is 15.3 Å². The van der Waals surface area contributed by atoms with E-state index in [4.69, 9.17) is 4.74 Å². The first-order valence-electron chi connectivity index (χ1n) is 8.58. The second-order valence-electron chi connectivity index (χ2n) is 6.15. The van der Waals surface area contributed by atoms with Crippen LogP contribution < -0.4 is 0 Å². The first-order valence-corrected chi connectivity index (χ1v) is 9.39. The first-order chi connectivity index (χ1) is 12.1. The van der Waals surface area contributed by atoms with Gasteiger partial charge in [-0.1, -0.05) is 74.5 Å². The molecule has 25 heavy (non-hydrogen) atoms. The van der Waals surface area contributed by atoms with Crippen LogP contribution in [-0.2, 0) is 4.74 Å². The molecule has 0 radical (unpaired) electrons. The summed E-state index contributed by atoms with van der Waals surface area (Å²) in [5, 5.41) is 0. The quantitative estimate of drug-likeness (QED) is 0.499. The van der Waals surface area contributed by atoms with Crippen molar-refractivity contribution in [1.29, 1.82) is 0 Å². The summed E-state index contributed by atoms with van der Waals surface area (Å²) in [5.74, 6) is 0.0211. The second kappa shape index (κ2) is 7.66. The van der Waals surface area contributed by atoms with Crippen LogP contribution in [0.3, 0.4) is 0 Å². The minimum Gasteiger partial charge on any atom is -0.462 e. The molecular weight excluding hydrogens is 328 g/mol. The highest BCUT2D eigenvalue weighted by molar-refractivity contribution is 7.16. The molecule has 2 aromatic carbocycles. The monoisotopic (exact) mass is 350 g/mol. The summed E-state index contributed by atoms with van der Waals surface area (Å²) in [6.07, 6.45) is 0. The molecule has 0 aliphatic heterocycles. The van der Waals surface area contributed by atoms with Gasteiger partial charge in [-0.2, -0.15) is 0 Å². The Labute approximate surface area is 153 Å². The molecule has 0 atom stereocenters. The van der Waals surface area contributed by atoms with E-state index in [1.54, 1.807) is 11.3 Å². The Kier molecular flexibility index (Phi) is 5.34. The Morgan fingerprint density at radius 1 is 0.960 bits per heavy atom. The molecule has 3 aromatic rings. The van der Waals surface area contributed by atoms with E-state index in [1.165, 1.54) is 0 Å². The van der Waals surface area contributed by atoms with Crippen molar-refractivity contribution >= 4 is 17.3 Å². The summed E-state index contributed by atoms with van der Waals surface area (Å²) in [6.45, 7) is 6.47. The first kappa shape index (κ1) is 17.4. The molecule has 0 bridgehead atoms. The Morgan fingerprint density at radius 2 is 1.52 bits per heavy atom. The van der Waals surface area contributed by atoms with E-state index in [0.29, 0.717) is 12.2 Å². The molecule has 0 spiro atoms. The number of hydrogen-bond acceptors (Lipinski definition) is 3. The fourth-order valence-corrected chi connectivity index (χ4v) is 4.25. The lowest BCUT2D eigenvalue weighted by Crippen LogP contribution is -2.08. The maximum absolute atomic E-state index is 12.8. The van der Waals surface area contributed by atoms with Crippen LogP contribution in [0.25, 0.3) is 21.6 Å². The summed E-state index contributed by atoms with van der Waals surface area (Å²) in [6, 6.07) is 20.4. The summed E-state index contributed by atoms with van der Waals surface area (Å²) >= 11 is 1.70. The van der Waals surface area contributed by atoms with Crippen LogP contribution in [0.5, 0.6) is 0 Å². The van der Waals surface area contributed by atoms with Gasteiger partial charge in [-0.05, 0) is 24.0 Å². The largest absolute Gasteiger partial charge is 0.462 e. The molecule has 0 N–H and O–H groups in total. The topological polar surface area (TPSA) is 26.3 Å². The Hall–Kier alpha value is -2.39. The molecule has 3 rings (SSSR count). The van der Waals surface area contributed by atoms with Gasteiger partial charge in [-0.15, -0.1) is 11.3 Å². The van der Waals surface area contributed by atoms with Gasteiger partial charge >= 0.3 is 5.97 Å². The Morgan fingerprint density at radius 3 is 2.04 bits per heavy atom. The molecule has 1 heterocycles. The van der Waals surface area contributed by atoms with Crippen LogP contribution in [0.4, 0.5) is 0 Å². The third kappa shape index (κ3) is 3.52. The van der Waals surface area contributed by atoms with Crippen LogP contribution in [0, 0.1) is 0 Å². The van der Waals surface area contributed by atoms with E-state index in [9.17, 15) is 4.79 Å². The number of carbonyl (C=O) groups is 1. The fourth-order valence-electron chi connectivity index (χ4n) is 2.93. The predicted octanol–water partition coefficient (Wildman–Crippen LogP) is 6.38. The van der Waals surface area contributed by atoms with Crippen LogP contribution in [0.2, 0.25) is 0 Å². The number of hydrogen-bond donors (Lipinski definition) is 0. The van der Waals surface area contributed by atoms with Gasteiger partial charge in [0.05, 0.1) is 12.2 Å². The highest BCUT2D eigenvalue weighted by Crippen LogP contribution is 2.45. The minimum atomic E-state index is -0.233. The average Bonchev–Trinajstić information content (AvgIpc) is 3.04. The summed E-state index contributed by atoms with van der Waals surface area (Å²) in [4.78, 5) is 15.0. The molecule has 128 valence electrons. The van der Waals surface area contributed by atoms with Gasteiger partial charge < -0.3 is 4.74 Å². The number of benzene rings is 2. The Balaban J connectivity index is 2.32. The molecular formula is C22H22O2S. The van der Waals surface area contributed by atoms with Crippen molar-refractivity contribution < 1.29 is 9.53 Å². The van der Waals surface area contributed by atoms with Gasteiger partial charge in [-0.25, -0.2) is 4.79 Å². The lowest BCUT2D eigenvalue weighted by Gasteiger charge is -2.10. The highest BCUT2D eigenvalue weighted by Gasteiger charge is 2.27. The van der Waals surface area contributed by atoms with Crippen LogP contribution in [0.15, 0.2) is 60.7 Å². The van der Waals surface area contributed by atoms with Gasteiger partial charge in [0.15, 0.2) is 0 Å². The van der Waals surface area contributed by atoms with Crippen molar-refractivity contribution in [2.45, 2.75) is 26.7 Å². The SMILES string of the molecule is CCOC(=O)c1c(C(C)C)sc(-c2ccccc2)c1-c1ccccc1. The van der Waals surface area contributed by atoms with Crippen molar-refractivity contribution in [3.63, 3.8) is 0 Å². The van der Waals surface area contributed by atoms with E-state index in [1.807, 2.05) is 43.3 Å². The third-order valence-electron chi connectivity index (χ3n) is 4.04. The molecule has 3 heteroatoms. The highest BCUT2D eigenvalue weighted by atomic mass is 32.1. The molecule has 0 aliphatic carbocycles. The molecule has 2 nitrogen and oxygen atoms in total. The lowest BCUT2D eigenvalue weighted by molar-refractivity contribution is 0.0526. The number of ether oxygens (including phenoxy) is 1. The van der Waals surface area contributed by atoms with E-state index < -0.39 is 0 Å². The van der Waals surface area contributed by atoms with Gasteiger partial charge in [-0.3, -0.25) is 0 Å². The smallest absolute Gasteiger partial charge is 0.339 e. The second-order valence-corrected chi connectivity index (χ2v) is 7.20. The van der Waals surface area contributed by atoms with E-state index >= 15 is 0 Å².